The molecule has 0 fully saturated rings. The number of nitrogens with two attached hydrogens (primary N) is 1. The predicted octanol–water partition coefficient (Wildman–Crippen LogP) is 4.12. The molecule has 0 heterocycles. The minimum Gasteiger partial charge on any atom is -0.324 e. The van der Waals surface area contributed by atoms with E-state index < -0.39 is 0 Å². The summed E-state index contributed by atoms with van der Waals surface area (Å²) in [6.07, 6.45) is 3.62. The molecule has 0 saturated heterocycles. The van der Waals surface area contributed by atoms with E-state index in [1.54, 1.807) is 0 Å². The van der Waals surface area contributed by atoms with Crippen molar-refractivity contribution in [3.8, 4) is 0 Å². The van der Waals surface area contributed by atoms with Crippen LogP contribution in [0.1, 0.15) is 44.7 Å². The highest BCUT2D eigenvalue weighted by Gasteiger charge is 2.12. The summed E-state index contributed by atoms with van der Waals surface area (Å²) in [7, 11) is 0. The molecule has 0 radical (unpaired) electrons. The Morgan fingerprint density at radius 1 is 1.33 bits per heavy atom. The average Bonchev–Trinajstić information content (AvgIpc) is 2.18. The van der Waals surface area contributed by atoms with E-state index >= 15 is 0 Å². The zero-order chi connectivity index (χ0) is 11.3. The summed E-state index contributed by atoms with van der Waals surface area (Å²) < 4.78 is 1.28. The maximum atomic E-state index is 6.22. The Kier molecular flexibility index (Phi) is 5.61. The van der Waals surface area contributed by atoms with Gasteiger partial charge in [-0.05, 0) is 46.6 Å². The van der Waals surface area contributed by atoms with Crippen LogP contribution in [0, 0.1) is 9.49 Å². The van der Waals surface area contributed by atoms with Crippen LogP contribution >= 0.6 is 22.6 Å². The van der Waals surface area contributed by atoms with E-state index in [4.69, 9.17) is 5.73 Å². The molecule has 1 rings (SSSR count). The summed E-state index contributed by atoms with van der Waals surface area (Å²) in [6, 6.07) is 8.60. The van der Waals surface area contributed by atoms with Gasteiger partial charge in [-0.1, -0.05) is 44.9 Å². The van der Waals surface area contributed by atoms with Gasteiger partial charge in [-0.2, -0.15) is 0 Å². The summed E-state index contributed by atoms with van der Waals surface area (Å²) in [5.74, 6) is 0.723. The molecule has 0 aromatic heterocycles. The third-order valence-electron chi connectivity index (χ3n) is 2.74. The molecule has 2 heteroatoms. The van der Waals surface area contributed by atoms with Crippen LogP contribution in [-0.4, -0.2) is 0 Å². The van der Waals surface area contributed by atoms with Crippen molar-refractivity contribution in [3.63, 3.8) is 0 Å². The highest BCUT2D eigenvalue weighted by atomic mass is 127. The number of benzene rings is 1. The van der Waals surface area contributed by atoms with Crippen molar-refractivity contribution in [1.82, 2.24) is 0 Å². The molecule has 1 aromatic carbocycles. The second-order valence-electron chi connectivity index (χ2n) is 4.26. The molecule has 0 aliphatic rings. The van der Waals surface area contributed by atoms with E-state index in [1.165, 1.54) is 22.0 Å². The number of hydrogen-bond acceptors (Lipinski definition) is 1. The normalized spacial score (nSPS) is 14.9. The Labute approximate surface area is 107 Å². The fraction of sp³-hybridized carbons (Fsp3) is 0.538. The van der Waals surface area contributed by atoms with Crippen molar-refractivity contribution in [2.24, 2.45) is 11.7 Å². The Bertz CT molecular complexity index is 298. The summed E-state index contributed by atoms with van der Waals surface area (Å²) in [6.45, 7) is 4.52. The minimum atomic E-state index is 0.194. The first-order chi connectivity index (χ1) is 7.15. The third kappa shape index (κ3) is 4.11. The van der Waals surface area contributed by atoms with E-state index in [1.807, 2.05) is 0 Å². The quantitative estimate of drug-likeness (QED) is 0.812. The van der Waals surface area contributed by atoms with Gasteiger partial charge in [-0.15, -0.1) is 0 Å². The Morgan fingerprint density at radius 2 is 2.00 bits per heavy atom. The minimum absolute atomic E-state index is 0.194. The molecule has 2 N–H and O–H groups in total. The van der Waals surface area contributed by atoms with Gasteiger partial charge in [0.2, 0.25) is 0 Å². The van der Waals surface area contributed by atoms with Crippen LogP contribution in [0.3, 0.4) is 0 Å². The van der Waals surface area contributed by atoms with Crippen molar-refractivity contribution < 1.29 is 0 Å². The number of hydrogen-bond donors (Lipinski definition) is 1. The number of halogens is 1. The van der Waals surface area contributed by atoms with Gasteiger partial charge in [0.15, 0.2) is 0 Å². The van der Waals surface area contributed by atoms with Gasteiger partial charge < -0.3 is 5.73 Å². The van der Waals surface area contributed by atoms with Crippen LogP contribution in [0.25, 0.3) is 0 Å². The predicted molar refractivity (Wildman–Crippen MR) is 74.8 cm³/mol. The van der Waals surface area contributed by atoms with Gasteiger partial charge in [0.05, 0.1) is 0 Å². The highest BCUT2D eigenvalue weighted by Crippen LogP contribution is 2.25. The Morgan fingerprint density at radius 3 is 2.60 bits per heavy atom. The van der Waals surface area contributed by atoms with Gasteiger partial charge in [-0.3, -0.25) is 0 Å². The first-order valence-electron chi connectivity index (χ1n) is 5.65. The molecular weight excluding hydrogens is 297 g/mol. The first kappa shape index (κ1) is 13.0. The summed E-state index contributed by atoms with van der Waals surface area (Å²) in [5, 5.41) is 0. The van der Waals surface area contributed by atoms with Crippen molar-refractivity contribution in [2.45, 2.75) is 39.2 Å². The Hall–Kier alpha value is -0.0900. The second kappa shape index (κ2) is 6.48. The maximum Gasteiger partial charge on any atom is 0.0307 e. The SMILES string of the molecule is CCCC(C)CC(N)c1ccccc1I. The van der Waals surface area contributed by atoms with Gasteiger partial charge in [-0.25, -0.2) is 0 Å². The van der Waals surface area contributed by atoms with Crippen LogP contribution < -0.4 is 5.73 Å². The molecule has 0 saturated carbocycles. The van der Waals surface area contributed by atoms with Crippen molar-refractivity contribution >= 4 is 22.6 Å². The first-order valence-corrected chi connectivity index (χ1v) is 6.73. The standard InChI is InChI=1S/C13H20IN/c1-3-6-10(2)9-13(15)11-7-4-5-8-12(11)14/h4-5,7-8,10,13H,3,6,9,15H2,1-2H3. The molecule has 0 aliphatic heterocycles. The fourth-order valence-electron chi connectivity index (χ4n) is 1.95. The van der Waals surface area contributed by atoms with E-state index in [0.717, 1.165) is 12.3 Å². The van der Waals surface area contributed by atoms with Crippen LogP contribution in [0.5, 0.6) is 0 Å². The largest absolute Gasteiger partial charge is 0.324 e. The molecule has 0 bridgehead atoms. The molecule has 0 spiro atoms. The van der Waals surface area contributed by atoms with Crippen molar-refractivity contribution in [3.05, 3.63) is 33.4 Å². The van der Waals surface area contributed by atoms with Crippen LogP contribution in [0.4, 0.5) is 0 Å². The lowest BCUT2D eigenvalue weighted by Crippen LogP contribution is -2.15. The van der Waals surface area contributed by atoms with Gasteiger partial charge in [0, 0.05) is 9.61 Å². The van der Waals surface area contributed by atoms with E-state index in [2.05, 4.69) is 60.7 Å². The van der Waals surface area contributed by atoms with E-state index in [9.17, 15) is 0 Å². The lowest BCUT2D eigenvalue weighted by atomic mass is 9.94. The monoisotopic (exact) mass is 317 g/mol. The second-order valence-corrected chi connectivity index (χ2v) is 5.42. The topological polar surface area (TPSA) is 26.0 Å². The molecule has 2 unspecified atom stereocenters. The molecule has 15 heavy (non-hydrogen) atoms. The summed E-state index contributed by atoms with van der Waals surface area (Å²) in [4.78, 5) is 0. The van der Waals surface area contributed by atoms with Crippen LogP contribution in [0.2, 0.25) is 0 Å². The zero-order valence-corrected chi connectivity index (χ0v) is 11.7. The molecule has 0 aliphatic carbocycles. The molecule has 84 valence electrons. The smallest absolute Gasteiger partial charge is 0.0307 e. The summed E-state index contributed by atoms with van der Waals surface area (Å²) in [5.41, 5.74) is 7.51. The molecule has 1 aromatic rings. The lowest BCUT2D eigenvalue weighted by molar-refractivity contribution is 0.439. The van der Waals surface area contributed by atoms with Crippen LogP contribution in [0.15, 0.2) is 24.3 Å². The molecule has 1 nitrogen and oxygen atoms in total. The zero-order valence-electron chi connectivity index (χ0n) is 9.54. The molecule has 2 atom stereocenters. The lowest BCUT2D eigenvalue weighted by Gasteiger charge is -2.18. The third-order valence-corrected chi connectivity index (χ3v) is 3.72. The fourth-order valence-corrected chi connectivity index (χ4v) is 2.73. The average molecular weight is 317 g/mol. The highest BCUT2D eigenvalue weighted by molar-refractivity contribution is 14.1. The molecule has 0 amide bonds. The van der Waals surface area contributed by atoms with Gasteiger partial charge in [0.1, 0.15) is 0 Å². The van der Waals surface area contributed by atoms with Gasteiger partial charge >= 0.3 is 0 Å². The molecular formula is C13H20IN. The Balaban J connectivity index is 2.61. The van der Waals surface area contributed by atoms with Gasteiger partial charge in [0.25, 0.3) is 0 Å². The van der Waals surface area contributed by atoms with Crippen molar-refractivity contribution in [1.29, 1.82) is 0 Å². The van der Waals surface area contributed by atoms with Crippen molar-refractivity contribution in [2.75, 3.05) is 0 Å². The van der Waals surface area contributed by atoms with E-state index in [-0.39, 0.29) is 6.04 Å². The van der Waals surface area contributed by atoms with E-state index in [0.29, 0.717) is 0 Å². The number of rotatable bonds is 5. The summed E-state index contributed by atoms with van der Waals surface area (Å²) >= 11 is 2.36. The van der Waals surface area contributed by atoms with Crippen LogP contribution in [-0.2, 0) is 0 Å². The maximum absolute atomic E-state index is 6.22.